The smallest absolute Gasteiger partial charge is 0.307 e. The molecule has 0 radical (unpaired) electrons. The predicted molar refractivity (Wildman–Crippen MR) is 84.4 cm³/mol. The summed E-state index contributed by atoms with van der Waals surface area (Å²) in [5.74, 6) is -1.47. The molecule has 112 valence electrons. The molecular formula is C16H19NO3S. The molecule has 1 saturated carbocycles. The Labute approximate surface area is 128 Å². The first-order valence-corrected chi connectivity index (χ1v) is 7.74. The molecule has 21 heavy (non-hydrogen) atoms. The number of para-hydroxylation sites is 1. The molecule has 1 aromatic carbocycles. The van der Waals surface area contributed by atoms with Crippen LogP contribution in [0.15, 0.2) is 41.8 Å². The Bertz CT molecular complexity index is 583. The van der Waals surface area contributed by atoms with Crippen LogP contribution in [0.4, 0.5) is 5.69 Å². The van der Waals surface area contributed by atoms with Crippen LogP contribution in [-0.2, 0) is 9.59 Å². The summed E-state index contributed by atoms with van der Waals surface area (Å²) in [4.78, 5) is 24.4. The number of amides is 1. The largest absolute Gasteiger partial charge is 0.481 e. The van der Waals surface area contributed by atoms with E-state index in [0.717, 1.165) is 16.3 Å². The Morgan fingerprint density at radius 2 is 2.05 bits per heavy atom. The van der Waals surface area contributed by atoms with E-state index in [0.29, 0.717) is 0 Å². The minimum Gasteiger partial charge on any atom is -0.481 e. The molecule has 5 heteroatoms. The van der Waals surface area contributed by atoms with Crippen LogP contribution in [0.5, 0.6) is 0 Å². The van der Waals surface area contributed by atoms with Gasteiger partial charge >= 0.3 is 5.97 Å². The third-order valence-electron chi connectivity index (χ3n) is 3.88. The number of carboxylic acid groups (broad SMARTS) is 1. The number of rotatable bonds is 6. The van der Waals surface area contributed by atoms with Crippen molar-refractivity contribution in [1.29, 1.82) is 0 Å². The first-order chi connectivity index (χ1) is 9.89. The van der Waals surface area contributed by atoms with E-state index in [-0.39, 0.29) is 5.91 Å². The monoisotopic (exact) mass is 305 g/mol. The van der Waals surface area contributed by atoms with Crippen LogP contribution in [0, 0.1) is 17.3 Å². The van der Waals surface area contributed by atoms with Crippen molar-refractivity contribution in [3.8, 4) is 0 Å². The normalized spacial score (nSPS) is 22.4. The summed E-state index contributed by atoms with van der Waals surface area (Å²) in [5.41, 5.74) is 0.236. The SMILES string of the molecule is C=CCSc1ccccc1NC(=O)[C@H]1[C@@H](C(=O)O)C1(C)C. The Balaban J connectivity index is 2.11. The molecule has 2 atom stereocenters. The number of aliphatic carboxylic acids is 1. The number of carbonyl (C=O) groups excluding carboxylic acids is 1. The van der Waals surface area contributed by atoms with Gasteiger partial charge in [0.15, 0.2) is 0 Å². The van der Waals surface area contributed by atoms with Crippen molar-refractivity contribution in [2.45, 2.75) is 18.7 Å². The second-order valence-electron chi connectivity index (χ2n) is 5.70. The summed E-state index contributed by atoms with van der Waals surface area (Å²) < 4.78 is 0. The van der Waals surface area contributed by atoms with Gasteiger partial charge in [0.05, 0.1) is 17.5 Å². The van der Waals surface area contributed by atoms with Gasteiger partial charge in [0.25, 0.3) is 0 Å². The molecule has 0 saturated heterocycles. The van der Waals surface area contributed by atoms with Crippen molar-refractivity contribution < 1.29 is 14.7 Å². The standard InChI is InChI=1S/C16H19NO3S/c1-4-9-21-11-8-6-5-7-10(11)17-14(18)12-13(15(19)20)16(12,2)3/h4-8,12-13H,1,9H2,2-3H3,(H,17,18)(H,19,20)/t12-,13+/m1/s1. The van der Waals surface area contributed by atoms with Crippen LogP contribution in [-0.4, -0.2) is 22.7 Å². The topological polar surface area (TPSA) is 66.4 Å². The first-order valence-electron chi connectivity index (χ1n) is 6.76. The Morgan fingerprint density at radius 3 is 2.62 bits per heavy atom. The lowest BCUT2D eigenvalue weighted by Crippen LogP contribution is -2.18. The van der Waals surface area contributed by atoms with Gasteiger partial charge in [-0.2, -0.15) is 0 Å². The Kier molecular flexibility index (Phi) is 4.42. The molecule has 1 fully saturated rings. The molecule has 0 heterocycles. The number of nitrogens with one attached hydrogen (secondary N) is 1. The van der Waals surface area contributed by atoms with Gasteiger partial charge in [0, 0.05) is 10.6 Å². The van der Waals surface area contributed by atoms with Crippen molar-refractivity contribution in [3.63, 3.8) is 0 Å². The van der Waals surface area contributed by atoms with Gasteiger partial charge in [-0.1, -0.05) is 32.1 Å². The van der Waals surface area contributed by atoms with Crippen LogP contribution in [0.25, 0.3) is 0 Å². The number of anilines is 1. The van der Waals surface area contributed by atoms with Crippen molar-refractivity contribution in [2.24, 2.45) is 17.3 Å². The van der Waals surface area contributed by atoms with Gasteiger partial charge in [-0.05, 0) is 17.5 Å². The van der Waals surface area contributed by atoms with Gasteiger partial charge in [0.1, 0.15) is 0 Å². The lowest BCUT2D eigenvalue weighted by Gasteiger charge is -2.10. The van der Waals surface area contributed by atoms with Gasteiger partial charge in [-0.15, -0.1) is 18.3 Å². The molecule has 4 nitrogen and oxygen atoms in total. The van der Waals surface area contributed by atoms with Gasteiger partial charge in [0.2, 0.25) is 5.91 Å². The minimum absolute atomic E-state index is 0.223. The van der Waals surface area contributed by atoms with Gasteiger partial charge in [-0.3, -0.25) is 9.59 Å². The first kappa shape index (κ1) is 15.6. The maximum absolute atomic E-state index is 12.3. The third-order valence-corrected chi connectivity index (χ3v) is 4.95. The lowest BCUT2D eigenvalue weighted by molar-refractivity contribution is -0.140. The second kappa shape index (κ2) is 5.93. The minimum atomic E-state index is -0.908. The van der Waals surface area contributed by atoms with E-state index in [9.17, 15) is 9.59 Å². The zero-order valence-electron chi connectivity index (χ0n) is 12.1. The van der Waals surface area contributed by atoms with E-state index in [1.165, 1.54) is 0 Å². The number of carboxylic acids is 1. The number of carbonyl (C=O) groups is 2. The highest BCUT2D eigenvalue weighted by Crippen LogP contribution is 2.58. The highest BCUT2D eigenvalue weighted by Gasteiger charge is 2.65. The Hall–Kier alpha value is -1.75. The number of benzene rings is 1. The number of thioether (sulfide) groups is 1. The maximum Gasteiger partial charge on any atom is 0.307 e. The zero-order chi connectivity index (χ0) is 15.6. The summed E-state index contributed by atoms with van der Waals surface area (Å²) in [6, 6.07) is 7.51. The summed E-state index contributed by atoms with van der Waals surface area (Å²) in [6.45, 7) is 7.31. The molecule has 0 aliphatic heterocycles. The fourth-order valence-electron chi connectivity index (χ4n) is 2.64. The molecule has 0 aromatic heterocycles. The number of hydrogen-bond donors (Lipinski definition) is 2. The fraction of sp³-hybridized carbons (Fsp3) is 0.375. The van der Waals surface area contributed by atoms with Gasteiger partial charge < -0.3 is 10.4 Å². The molecule has 0 bridgehead atoms. The fourth-order valence-corrected chi connectivity index (χ4v) is 3.39. The molecule has 1 aromatic rings. The highest BCUT2D eigenvalue weighted by atomic mass is 32.2. The molecule has 2 N–H and O–H groups in total. The summed E-state index contributed by atoms with van der Waals surface area (Å²) in [5, 5.41) is 12.0. The quantitative estimate of drug-likeness (QED) is 0.625. The molecule has 1 aliphatic rings. The summed E-state index contributed by atoms with van der Waals surface area (Å²) in [6.07, 6.45) is 1.80. The zero-order valence-corrected chi connectivity index (χ0v) is 12.9. The molecule has 1 aliphatic carbocycles. The van der Waals surface area contributed by atoms with Crippen LogP contribution in [0.1, 0.15) is 13.8 Å². The van der Waals surface area contributed by atoms with E-state index < -0.39 is 23.2 Å². The molecule has 1 amide bonds. The highest BCUT2D eigenvalue weighted by molar-refractivity contribution is 7.99. The van der Waals surface area contributed by atoms with Crippen molar-refractivity contribution in [2.75, 3.05) is 11.1 Å². The average molecular weight is 305 g/mol. The Morgan fingerprint density at radius 1 is 1.38 bits per heavy atom. The van der Waals surface area contributed by atoms with E-state index in [4.69, 9.17) is 5.11 Å². The number of hydrogen-bond acceptors (Lipinski definition) is 3. The molecule has 2 rings (SSSR count). The van der Waals surface area contributed by atoms with Gasteiger partial charge in [-0.25, -0.2) is 0 Å². The van der Waals surface area contributed by atoms with Crippen LogP contribution >= 0.6 is 11.8 Å². The van der Waals surface area contributed by atoms with Crippen molar-refractivity contribution >= 4 is 29.3 Å². The summed E-state index contributed by atoms with van der Waals surface area (Å²) in [7, 11) is 0. The molecule has 0 spiro atoms. The van der Waals surface area contributed by atoms with Crippen LogP contribution in [0.2, 0.25) is 0 Å². The maximum atomic E-state index is 12.3. The lowest BCUT2D eigenvalue weighted by atomic mass is 10.1. The predicted octanol–water partition coefficient (Wildman–Crippen LogP) is 3.26. The van der Waals surface area contributed by atoms with E-state index in [1.807, 2.05) is 38.1 Å². The summed E-state index contributed by atoms with van der Waals surface area (Å²) >= 11 is 1.58. The average Bonchev–Trinajstić information content (AvgIpc) is 3.01. The third kappa shape index (κ3) is 3.13. The molecule has 0 unspecified atom stereocenters. The van der Waals surface area contributed by atoms with Crippen molar-refractivity contribution in [3.05, 3.63) is 36.9 Å². The van der Waals surface area contributed by atoms with E-state index in [1.54, 1.807) is 17.8 Å². The van der Waals surface area contributed by atoms with Crippen LogP contribution in [0.3, 0.4) is 0 Å². The molecular weight excluding hydrogens is 286 g/mol. The van der Waals surface area contributed by atoms with Crippen molar-refractivity contribution in [1.82, 2.24) is 0 Å². The van der Waals surface area contributed by atoms with Crippen LogP contribution < -0.4 is 5.32 Å². The van der Waals surface area contributed by atoms with E-state index in [2.05, 4.69) is 11.9 Å². The van der Waals surface area contributed by atoms with E-state index >= 15 is 0 Å². The second-order valence-corrected chi connectivity index (χ2v) is 6.76.